The Morgan fingerprint density at radius 1 is 1.33 bits per heavy atom. The largest absolute Gasteiger partial charge is 0.389 e. The Bertz CT molecular complexity index is 504. The standard InChI is InChI=1S/C18H27NO2/c1-2-15-12-18(20,10-11-21-15)17(13-19)9-5-7-14-6-3-4-8-16(14)17/h3-4,6,8,15,20H,2,5,7,9-13,19H2,1H3. The summed E-state index contributed by atoms with van der Waals surface area (Å²) in [4.78, 5) is 0. The fourth-order valence-electron chi connectivity index (χ4n) is 4.43. The molecule has 3 rings (SSSR count). The molecule has 3 heteroatoms. The van der Waals surface area contributed by atoms with E-state index in [1.165, 1.54) is 11.1 Å². The second kappa shape index (κ2) is 5.71. The third-order valence-electron chi connectivity index (χ3n) is 5.71. The molecule has 2 aliphatic rings. The zero-order chi connectivity index (χ0) is 14.9. The highest BCUT2D eigenvalue weighted by atomic mass is 16.5. The van der Waals surface area contributed by atoms with E-state index in [0.29, 0.717) is 26.0 Å². The molecular formula is C18H27NO2. The predicted molar refractivity (Wildman–Crippen MR) is 84.3 cm³/mol. The fraction of sp³-hybridized carbons (Fsp3) is 0.667. The van der Waals surface area contributed by atoms with Gasteiger partial charge in [-0.05, 0) is 36.8 Å². The molecule has 3 atom stereocenters. The van der Waals surface area contributed by atoms with E-state index in [0.717, 1.165) is 25.7 Å². The van der Waals surface area contributed by atoms with Crippen molar-refractivity contribution in [3.63, 3.8) is 0 Å². The van der Waals surface area contributed by atoms with Crippen molar-refractivity contribution in [3.8, 4) is 0 Å². The van der Waals surface area contributed by atoms with E-state index in [1.54, 1.807) is 0 Å². The van der Waals surface area contributed by atoms with Crippen LogP contribution in [-0.4, -0.2) is 30.0 Å². The van der Waals surface area contributed by atoms with Gasteiger partial charge in [-0.15, -0.1) is 0 Å². The van der Waals surface area contributed by atoms with Crippen molar-refractivity contribution >= 4 is 0 Å². The zero-order valence-corrected chi connectivity index (χ0v) is 13.0. The number of aliphatic hydroxyl groups is 1. The second-order valence-corrected chi connectivity index (χ2v) is 6.68. The van der Waals surface area contributed by atoms with Gasteiger partial charge in [0.2, 0.25) is 0 Å². The summed E-state index contributed by atoms with van der Waals surface area (Å²) in [7, 11) is 0. The molecule has 1 aliphatic carbocycles. The van der Waals surface area contributed by atoms with Crippen molar-refractivity contribution < 1.29 is 9.84 Å². The lowest BCUT2D eigenvalue weighted by Crippen LogP contribution is -2.60. The molecule has 1 aromatic rings. The molecule has 0 amide bonds. The number of aryl methyl sites for hydroxylation is 1. The quantitative estimate of drug-likeness (QED) is 0.899. The summed E-state index contributed by atoms with van der Waals surface area (Å²) in [5.41, 5.74) is 7.85. The summed E-state index contributed by atoms with van der Waals surface area (Å²) in [5.74, 6) is 0. The van der Waals surface area contributed by atoms with Crippen LogP contribution in [0.25, 0.3) is 0 Å². The monoisotopic (exact) mass is 289 g/mol. The number of rotatable bonds is 3. The van der Waals surface area contributed by atoms with Gasteiger partial charge in [0.05, 0.1) is 11.7 Å². The van der Waals surface area contributed by atoms with Crippen LogP contribution in [0.2, 0.25) is 0 Å². The number of hydrogen-bond acceptors (Lipinski definition) is 3. The van der Waals surface area contributed by atoms with Gasteiger partial charge in [0, 0.05) is 31.4 Å². The number of benzene rings is 1. The molecule has 1 fully saturated rings. The second-order valence-electron chi connectivity index (χ2n) is 6.68. The Kier molecular flexibility index (Phi) is 4.08. The van der Waals surface area contributed by atoms with Gasteiger partial charge in [0.15, 0.2) is 0 Å². The summed E-state index contributed by atoms with van der Waals surface area (Å²) >= 11 is 0. The first-order chi connectivity index (χ1) is 10.1. The maximum absolute atomic E-state index is 11.5. The summed E-state index contributed by atoms with van der Waals surface area (Å²) in [6.07, 6.45) is 5.68. The summed E-state index contributed by atoms with van der Waals surface area (Å²) in [6.45, 7) is 3.27. The molecule has 1 aromatic carbocycles. The van der Waals surface area contributed by atoms with Gasteiger partial charge in [0.1, 0.15) is 0 Å². The number of ether oxygens (including phenoxy) is 1. The average molecular weight is 289 g/mol. The van der Waals surface area contributed by atoms with Gasteiger partial charge in [-0.3, -0.25) is 0 Å². The summed E-state index contributed by atoms with van der Waals surface area (Å²) in [6, 6.07) is 8.54. The SMILES string of the molecule is CCC1CC(O)(C2(CN)CCCc3ccccc32)CCO1. The topological polar surface area (TPSA) is 55.5 Å². The smallest absolute Gasteiger partial charge is 0.0802 e. The minimum atomic E-state index is -0.739. The average Bonchev–Trinajstić information content (AvgIpc) is 2.54. The highest BCUT2D eigenvalue weighted by Crippen LogP contribution is 2.49. The molecule has 3 nitrogen and oxygen atoms in total. The first-order valence-electron chi connectivity index (χ1n) is 8.27. The third kappa shape index (κ3) is 2.32. The number of hydrogen-bond donors (Lipinski definition) is 2. The highest BCUT2D eigenvalue weighted by Gasteiger charge is 2.53. The van der Waals surface area contributed by atoms with Crippen LogP contribution in [0.4, 0.5) is 0 Å². The Balaban J connectivity index is 2.05. The van der Waals surface area contributed by atoms with Crippen LogP contribution >= 0.6 is 0 Å². The molecule has 3 unspecified atom stereocenters. The third-order valence-corrected chi connectivity index (χ3v) is 5.71. The molecule has 1 aliphatic heterocycles. The summed E-state index contributed by atoms with van der Waals surface area (Å²) in [5, 5.41) is 11.5. The van der Waals surface area contributed by atoms with E-state index in [1.807, 2.05) is 0 Å². The van der Waals surface area contributed by atoms with Crippen molar-refractivity contribution in [3.05, 3.63) is 35.4 Å². The molecule has 0 saturated carbocycles. The Hall–Kier alpha value is -0.900. The maximum Gasteiger partial charge on any atom is 0.0802 e. The first kappa shape index (κ1) is 15.0. The highest BCUT2D eigenvalue weighted by molar-refractivity contribution is 5.40. The van der Waals surface area contributed by atoms with Crippen LogP contribution < -0.4 is 5.73 Å². The molecule has 1 heterocycles. The van der Waals surface area contributed by atoms with Crippen molar-refractivity contribution in [2.24, 2.45) is 5.73 Å². The molecule has 3 N–H and O–H groups in total. The van der Waals surface area contributed by atoms with Gasteiger partial charge >= 0.3 is 0 Å². The molecular weight excluding hydrogens is 262 g/mol. The molecule has 0 spiro atoms. The van der Waals surface area contributed by atoms with Gasteiger partial charge in [0.25, 0.3) is 0 Å². The maximum atomic E-state index is 11.5. The van der Waals surface area contributed by atoms with Gasteiger partial charge in [-0.2, -0.15) is 0 Å². The van der Waals surface area contributed by atoms with Gasteiger partial charge in [-0.25, -0.2) is 0 Å². The lowest BCUT2D eigenvalue weighted by molar-refractivity contribution is -0.145. The number of nitrogens with two attached hydrogens (primary N) is 1. The Labute approximate surface area is 127 Å². The van der Waals surface area contributed by atoms with Crippen LogP contribution in [0, 0.1) is 0 Å². The zero-order valence-electron chi connectivity index (χ0n) is 13.0. The molecule has 0 bridgehead atoms. The summed E-state index contributed by atoms with van der Waals surface area (Å²) < 4.78 is 5.79. The van der Waals surface area contributed by atoms with Gasteiger partial charge in [-0.1, -0.05) is 31.2 Å². The van der Waals surface area contributed by atoms with E-state index in [2.05, 4.69) is 31.2 Å². The number of fused-ring (bicyclic) bond motifs is 1. The molecule has 21 heavy (non-hydrogen) atoms. The Morgan fingerprint density at radius 3 is 2.90 bits per heavy atom. The van der Waals surface area contributed by atoms with Crippen LogP contribution in [0.5, 0.6) is 0 Å². The first-order valence-corrected chi connectivity index (χ1v) is 8.27. The van der Waals surface area contributed by atoms with E-state index < -0.39 is 5.60 Å². The van der Waals surface area contributed by atoms with Crippen molar-refractivity contribution in [1.82, 2.24) is 0 Å². The van der Waals surface area contributed by atoms with Crippen molar-refractivity contribution in [2.75, 3.05) is 13.2 Å². The molecule has 116 valence electrons. The normalized spacial score (nSPS) is 36.2. The molecule has 0 radical (unpaired) electrons. The van der Waals surface area contributed by atoms with E-state index in [-0.39, 0.29) is 11.5 Å². The molecule has 0 aromatic heterocycles. The van der Waals surface area contributed by atoms with E-state index in [9.17, 15) is 5.11 Å². The van der Waals surface area contributed by atoms with Crippen molar-refractivity contribution in [2.45, 2.75) is 62.6 Å². The van der Waals surface area contributed by atoms with Crippen LogP contribution in [0.15, 0.2) is 24.3 Å². The van der Waals surface area contributed by atoms with Crippen molar-refractivity contribution in [1.29, 1.82) is 0 Å². The minimum absolute atomic E-state index is 0.154. The Morgan fingerprint density at radius 2 is 2.14 bits per heavy atom. The van der Waals surface area contributed by atoms with E-state index >= 15 is 0 Å². The van der Waals surface area contributed by atoms with Gasteiger partial charge < -0.3 is 15.6 Å². The van der Waals surface area contributed by atoms with Crippen LogP contribution in [0.3, 0.4) is 0 Å². The minimum Gasteiger partial charge on any atom is -0.389 e. The predicted octanol–water partition coefficient (Wildman–Crippen LogP) is 2.54. The van der Waals surface area contributed by atoms with Crippen LogP contribution in [0.1, 0.15) is 50.2 Å². The fourth-order valence-corrected chi connectivity index (χ4v) is 4.43. The lowest BCUT2D eigenvalue weighted by Gasteiger charge is -2.53. The van der Waals surface area contributed by atoms with Crippen LogP contribution in [-0.2, 0) is 16.6 Å². The van der Waals surface area contributed by atoms with E-state index in [4.69, 9.17) is 10.5 Å². The lowest BCUT2D eigenvalue weighted by atomic mass is 9.57. The molecule has 1 saturated heterocycles.